The van der Waals surface area contributed by atoms with Crippen molar-refractivity contribution in [2.24, 2.45) is 0 Å². The monoisotopic (exact) mass is 410 g/mol. The van der Waals surface area contributed by atoms with Gasteiger partial charge in [0, 0.05) is 17.3 Å². The molecule has 1 amide bonds. The minimum Gasteiger partial charge on any atom is -0.494 e. The number of aromatic nitrogens is 3. The molecule has 0 fully saturated rings. The summed E-state index contributed by atoms with van der Waals surface area (Å²) in [5.74, 6) is 1.83. The highest BCUT2D eigenvalue weighted by Crippen LogP contribution is 2.28. The van der Waals surface area contributed by atoms with Crippen molar-refractivity contribution in [3.05, 3.63) is 54.6 Å². The Morgan fingerprint density at radius 2 is 1.83 bits per heavy atom. The molecule has 29 heavy (non-hydrogen) atoms. The Bertz CT molecular complexity index is 926. The average molecular weight is 411 g/mol. The van der Waals surface area contributed by atoms with Crippen molar-refractivity contribution in [3.8, 4) is 22.8 Å². The first-order chi connectivity index (χ1) is 14.1. The van der Waals surface area contributed by atoms with E-state index >= 15 is 0 Å². The third-order valence-corrected chi connectivity index (χ3v) is 5.35. The fourth-order valence-electron chi connectivity index (χ4n) is 2.78. The molecule has 0 bridgehead atoms. The van der Waals surface area contributed by atoms with Crippen LogP contribution in [0.2, 0.25) is 0 Å². The third kappa shape index (κ3) is 5.38. The smallest absolute Gasteiger partial charge is 0.230 e. The Labute approximate surface area is 175 Å². The summed E-state index contributed by atoms with van der Waals surface area (Å²) in [6.45, 7) is 6.62. The number of hydrogen-bond donors (Lipinski definition) is 1. The molecule has 3 rings (SSSR count). The van der Waals surface area contributed by atoms with Crippen LogP contribution in [0.25, 0.3) is 17.1 Å². The maximum atomic E-state index is 12.2. The van der Waals surface area contributed by atoms with E-state index in [9.17, 15) is 4.79 Å². The molecule has 7 heteroatoms. The van der Waals surface area contributed by atoms with Crippen LogP contribution in [0.5, 0.6) is 5.75 Å². The van der Waals surface area contributed by atoms with Crippen molar-refractivity contribution in [1.29, 1.82) is 0 Å². The van der Waals surface area contributed by atoms with Gasteiger partial charge in [0.25, 0.3) is 0 Å². The highest BCUT2D eigenvalue weighted by atomic mass is 32.2. The molecule has 2 aromatic carbocycles. The minimum atomic E-state index is -0.00754. The van der Waals surface area contributed by atoms with Crippen LogP contribution in [0.1, 0.15) is 27.2 Å². The number of thioether (sulfide) groups is 1. The molecule has 6 nitrogen and oxygen atoms in total. The Kier molecular flexibility index (Phi) is 7.30. The first-order valence-electron chi connectivity index (χ1n) is 9.78. The second-order valence-electron chi connectivity index (χ2n) is 6.60. The van der Waals surface area contributed by atoms with Crippen molar-refractivity contribution in [1.82, 2.24) is 20.1 Å². The Morgan fingerprint density at radius 3 is 2.48 bits per heavy atom. The largest absolute Gasteiger partial charge is 0.494 e. The molecule has 1 aromatic heterocycles. The number of nitrogens with one attached hydrogen (secondary N) is 1. The summed E-state index contributed by atoms with van der Waals surface area (Å²) < 4.78 is 7.53. The zero-order valence-electron chi connectivity index (χ0n) is 17.0. The number of carbonyl (C=O) groups is 1. The minimum absolute atomic E-state index is 0.00754. The van der Waals surface area contributed by atoms with Gasteiger partial charge in [0.1, 0.15) is 5.75 Å². The number of benzene rings is 2. The second kappa shape index (κ2) is 10.1. The van der Waals surface area contributed by atoms with Gasteiger partial charge in [-0.25, -0.2) is 0 Å². The van der Waals surface area contributed by atoms with Crippen LogP contribution < -0.4 is 10.1 Å². The number of hydrogen-bond acceptors (Lipinski definition) is 5. The van der Waals surface area contributed by atoms with E-state index in [0.717, 1.165) is 29.2 Å². The maximum Gasteiger partial charge on any atom is 0.230 e. The fraction of sp³-hybridized carbons (Fsp3) is 0.318. The van der Waals surface area contributed by atoms with Gasteiger partial charge in [0.15, 0.2) is 11.0 Å². The predicted molar refractivity (Wildman–Crippen MR) is 117 cm³/mol. The fourth-order valence-corrected chi connectivity index (χ4v) is 3.54. The zero-order chi connectivity index (χ0) is 20.6. The van der Waals surface area contributed by atoms with Crippen molar-refractivity contribution >= 4 is 17.7 Å². The van der Waals surface area contributed by atoms with Gasteiger partial charge in [0.05, 0.1) is 12.4 Å². The van der Waals surface area contributed by atoms with E-state index < -0.39 is 0 Å². The summed E-state index contributed by atoms with van der Waals surface area (Å²) >= 11 is 1.38. The molecule has 1 heterocycles. The van der Waals surface area contributed by atoms with E-state index in [1.54, 1.807) is 0 Å². The molecule has 0 radical (unpaired) electrons. The van der Waals surface area contributed by atoms with Gasteiger partial charge in [0.2, 0.25) is 5.91 Å². The second-order valence-corrected chi connectivity index (χ2v) is 7.54. The molecule has 152 valence electrons. The average Bonchev–Trinajstić information content (AvgIpc) is 3.17. The SMILES string of the molecule is CCOc1ccc(-n2c(SCC(=O)NC(C)CC)nnc2-c2ccccc2)cc1. The van der Waals surface area contributed by atoms with Gasteiger partial charge in [-0.2, -0.15) is 0 Å². The van der Waals surface area contributed by atoms with Crippen LogP contribution in [0.4, 0.5) is 0 Å². The van der Waals surface area contributed by atoms with Gasteiger partial charge < -0.3 is 10.1 Å². The molecule has 1 atom stereocenters. The Hall–Kier alpha value is -2.80. The highest BCUT2D eigenvalue weighted by Gasteiger charge is 2.17. The molecule has 0 saturated carbocycles. The van der Waals surface area contributed by atoms with E-state index in [2.05, 4.69) is 15.5 Å². The molecule has 0 aliphatic rings. The number of carbonyl (C=O) groups excluding carboxylic acids is 1. The van der Waals surface area contributed by atoms with Gasteiger partial charge in [-0.15, -0.1) is 10.2 Å². The van der Waals surface area contributed by atoms with E-state index in [-0.39, 0.29) is 17.7 Å². The molecule has 1 unspecified atom stereocenters. The normalized spacial score (nSPS) is 11.8. The summed E-state index contributed by atoms with van der Waals surface area (Å²) in [6.07, 6.45) is 0.900. The van der Waals surface area contributed by atoms with E-state index in [1.807, 2.05) is 79.9 Å². The molecule has 3 aromatic rings. The number of amides is 1. The first-order valence-corrected chi connectivity index (χ1v) is 10.8. The van der Waals surface area contributed by atoms with Crippen molar-refractivity contribution in [3.63, 3.8) is 0 Å². The lowest BCUT2D eigenvalue weighted by atomic mass is 10.2. The maximum absolute atomic E-state index is 12.2. The lowest BCUT2D eigenvalue weighted by Gasteiger charge is -2.13. The van der Waals surface area contributed by atoms with Gasteiger partial charge >= 0.3 is 0 Å². The quantitative estimate of drug-likeness (QED) is 0.532. The van der Waals surface area contributed by atoms with Crippen LogP contribution in [0, 0.1) is 0 Å². The highest BCUT2D eigenvalue weighted by molar-refractivity contribution is 7.99. The molecule has 0 spiro atoms. The Balaban J connectivity index is 1.90. The lowest BCUT2D eigenvalue weighted by molar-refractivity contribution is -0.119. The van der Waals surface area contributed by atoms with Crippen molar-refractivity contribution in [2.75, 3.05) is 12.4 Å². The number of ether oxygens (including phenoxy) is 1. The van der Waals surface area contributed by atoms with E-state index in [1.165, 1.54) is 11.8 Å². The van der Waals surface area contributed by atoms with Gasteiger partial charge in [-0.1, -0.05) is 49.0 Å². The molecule has 1 N–H and O–H groups in total. The molecule has 0 aliphatic carbocycles. The van der Waals surface area contributed by atoms with Crippen LogP contribution in [-0.2, 0) is 4.79 Å². The zero-order valence-corrected chi connectivity index (χ0v) is 17.8. The summed E-state index contributed by atoms with van der Waals surface area (Å²) in [5.41, 5.74) is 1.88. The van der Waals surface area contributed by atoms with E-state index in [4.69, 9.17) is 4.74 Å². The van der Waals surface area contributed by atoms with Crippen molar-refractivity contribution in [2.45, 2.75) is 38.4 Å². The molecule has 0 aliphatic heterocycles. The topological polar surface area (TPSA) is 69.0 Å². The summed E-state index contributed by atoms with van der Waals surface area (Å²) in [4.78, 5) is 12.2. The number of nitrogens with zero attached hydrogens (tertiary/aromatic N) is 3. The van der Waals surface area contributed by atoms with Crippen molar-refractivity contribution < 1.29 is 9.53 Å². The van der Waals surface area contributed by atoms with Crippen LogP contribution >= 0.6 is 11.8 Å². The van der Waals surface area contributed by atoms with Gasteiger partial charge in [-0.3, -0.25) is 9.36 Å². The van der Waals surface area contributed by atoms with Crippen LogP contribution in [0.3, 0.4) is 0 Å². The van der Waals surface area contributed by atoms with Crippen LogP contribution in [-0.4, -0.2) is 39.1 Å². The Morgan fingerprint density at radius 1 is 1.10 bits per heavy atom. The lowest BCUT2D eigenvalue weighted by Crippen LogP contribution is -2.33. The summed E-state index contributed by atoms with van der Waals surface area (Å²) in [7, 11) is 0. The van der Waals surface area contributed by atoms with Gasteiger partial charge in [-0.05, 0) is 44.5 Å². The van der Waals surface area contributed by atoms with Crippen LogP contribution in [0.15, 0.2) is 59.8 Å². The van der Waals surface area contributed by atoms with E-state index in [0.29, 0.717) is 11.8 Å². The summed E-state index contributed by atoms with van der Waals surface area (Å²) in [5, 5.41) is 12.4. The third-order valence-electron chi connectivity index (χ3n) is 4.42. The molecule has 0 saturated heterocycles. The summed E-state index contributed by atoms with van der Waals surface area (Å²) in [6, 6.07) is 17.9. The number of rotatable bonds is 9. The molecular formula is C22H26N4O2S. The first kappa shape index (κ1) is 20.9. The standard InChI is InChI=1S/C22H26N4O2S/c1-4-16(3)23-20(27)15-29-22-25-24-21(17-9-7-6-8-10-17)26(22)18-11-13-19(14-12-18)28-5-2/h6-14,16H,4-5,15H2,1-3H3,(H,23,27). The molecular weight excluding hydrogens is 384 g/mol. The predicted octanol–water partition coefficient (Wildman–Crippen LogP) is 4.34.